The van der Waals surface area contributed by atoms with Gasteiger partial charge in [-0.15, -0.1) is 74.4 Å². The fourth-order valence-electron chi connectivity index (χ4n) is 7.51. The average Bonchev–Trinajstić information content (AvgIpc) is 3.97. The van der Waals surface area contributed by atoms with Gasteiger partial charge in [0.05, 0.1) is 78.8 Å². The molecule has 0 amide bonds. The topological polar surface area (TPSA) is 183 Å². The molecule has 5 heterocycles. The standard InChI is InChI=1S/C40H34N8O8.6ClH.H4Si/c1-49-25-21-23(27(51-3)31(55-7)29(25)53-5)39-46-37(21)44-35-19-15-11-9-13-17(19)33(42-35)41-34-18-14-10-12-16-20(18)36(43-34)45-38-22-24(40(47-38)48-39)28(52-4)32(56-8)30(54-6)26(22)50-2;;;;;;;/h9-16H,1-8H3,(H2,41,42,43,44,45,46,47,48);6*1H;1H4. The van der Waals surface area contributed by atoms with E-state index in [4.69, 9.17) is 67.8 Å². The lowest BCUT2D eigenvalue weighted by molar-refractivity contribution is 0.307. The summed E-state index contributed by atoms with van der Waals surface area (Å²) in [5.41, 5.74) is 4.13. The van der Waals surface area contributed by atoms with Gasteiger partial charge in [0.25, 0.3) is 0 Å². The monoisotopic (exact) mass is 1000 g/mol. The second-order valence-corrected chi connectivity index (χ2v) is 12.5. The van der Waals surface area contributed by atoms with Gasteiger partial charge in [-0.05, 0) is 11.0 Å². The normalized spacial score (nSPS) is 10.3. The Bertz CT molecular complexity index is 2980. The highest BCUT2D eigenvalue weighted by atomic mass is 35.5. The van der Waals surface area contributed by atoms with Crippen molar-refractivity contribution in [2.45, 2.75) is 0 Å². The molecule has 3 aromatic heterocycles. The van der Waals surface area contributed by atoms with Gasteiger partial charge in [-0.1, -0.05) is 48.5 Å². The SMILES string of the molecule is COc1c(OC)c(OC)c2c(c1OC)-c1nc-2nc2[nH]c(nc3nc(nc4[nH]c(n1)c1ccccc41)-c1ccccc1-3)c1c(OC)c(OC)c(OC)c(OC)c21.Cl.Cl.Cl.Cl.Cl.Cl.[SiH4]. The maximum absolute atomic E-state index is 6.03. The first kappa shape index (κ1) is 53.7. The van der Waals surface area contributed by atoms with E-state index in [1.807, 2.05) is 48.5 Å². The molecule has 63 heavy (non-hydrogen) atoms. The molecule has 4 aromatic carbocycles. The van der Waals surface area contributed by atoms with E-state index in [2.05, 4.69) is 9.97 Å². The summed E-state index contributed by atoms with van der Waals surface area (Å²) in [7, 11) is 12.2. The number of H-pyrrole nitrogens is 2. The molecule has 2 aliphatic rings. The van der Waals surface area contributed by atoms with Crippen LogP contribution in [0.3, 0.4) is 0 Å². The van der Waals surface area contributed by atoms with Crippen molar-refractivity contribution in [3.8, 4) is 91.5 Å². The number of rotatable bonds is 8. The average molecular weight is 1010 g/mol. The quantitative estimate of drug-likeness (QED) is 0.140. The molecule has 23 heteroatoms. The molecule has 0 saturated heterocycles. The van der Waals surface area contributed by atoms with Crippen molar-refractivity contribution in [2.24, 2.45) is 0 Å². The van der Waals surface area contributed by atoms with Gasteiger partial charge in [-0.3, -0.25) is 0 Å². The molecule has 2 N–H and O–H groups in total. The second kappa shape index (κ2) is 21.3. The Morgan fingerprint density at radius 1 is 0.333 bits per heavy atom. The highest BCUT2D eigenvalue weighted by molar-refractivity contribution is 6.14. The summed E-state index contributed by atoms with van der Waals surface area (Å²) < 4.78 is 47.5. The van der Waals surface area contributed by atoms with E-state index in [0.717, 1.165) is 21.9 Å². The zero-order valence-electron chi connectivity index (χ0n) is 34.0. The van der Waals surface area contributed by atoms with E-state index in [-0.39, 0.29) is 120 Å². The molecule has 8 bridgehead atoms. The predicted molar refractivity (Wildman–Crippen MR) is 263 cm³/mol. The summed E-state index contributed by atoms with van der Waals surface area (Å²) in [6.07, 6.45) is 0. The highest BCUT2D eigenvalue weighted by Gasteiger charge is 2.36. The Labute approximate surface area is 402 Å². The van der Waals surface area contributed by atoms with Crippen LogP contribution in [0.15, 0.2) is 48.5 Å². The lowest BCUT2D eigenvalue weighted by Crippen LogP contribution is -2.01. The minimum Gasteiger partial charge on any atom is -0.492 e. The van der Waals surface area contributed by atoms with Crippen LogP contribution >= 0.6 is 74.4 Å². The third-order valence-corrected chi connectivity index (χ3v) is 9.81. The molecule has 2 aliphatic heterocycles. The van der Waals surface area contributed by atoms with Crippen LogP contribution in [-0.2, 0) is 0 Å². The Hall–Kier alpha value is -5.40. The molecule has 0 atom stereocenters. The third kappa shape index (κ3) is 8.07. The first-order valence-electron chi connectivity index (χ1n) is 17.2. The van der Waals surface area contributed by atoms with E-state index in [9.17, 15) is 0 Å². The van der Waals surface area contributed by atoms with Crippen LogP contribution < -0.4 is 37.9 Å². The number of aromatic amines is 2. The molecule has 9 rings (SSSR count). The number of ether oxygens (including phenoxy) is 8. The molecule has 0 saturated carbocycles. The molecule has 0 unspecified atom stereocenters. The number of halogens is 6. The van der Waals surface area contributed by atoms with Gasteiger partial charge in [-0.2, -0.15) is 0 Å². The van der Waals surface area contributed by atoms with Crippen LogP contribution in [0.1, 0.15) is 0 Å². The molecule has 7 aromatic rings. The minimum atomic E-state index is 0. The highest BCUT2D eigenvalue weighted by Crippen LogP contribution is 2.58. The Morgan fingerprint density at radius 3 is 1.00 bits per heavy atom. The lowest BCUT2D eigenvalue weighted by atomic mass is 10.0. The summed E-state index contributed by atoms with van der Waals surface area (Å²) in [6.45, 7) is 0. The largest absolute Gasteiger partial charge is 0.492 e. The van der Waals surface area contributed by atoms with Gasteiger partial charge < -0.3 is 47.9 Å². The van der Waals surface area contributed by atoms with Crippen LogP contribution in [0.5, 0.6) is 46.0 Å². The van der Waals surface area contributed by atoms with Gasteiger partial charge in [0.15, 0.2) is 46.3 Å². The van der Waals surface area contributed by atoms with Crippen molar-refractivity contribution in [3.05, 3.63) is 48.5 Å². The minimum absolute atomic E-state index is 0. The molecule has 0 radical (unpaired) electrons. The number of aromatic nitrogens is 8. The van der Waals surface area contributed by atoms with E-state index < -0.39 is 0 Å². The summed E-state index contributed by atoms with van der Waals surface area (Å²) in [5, 5.41) is 2.57. The molecular formula is C40H44Cl6N8O8Si. The summed E-state index contributed by atoms with van der Waals surface area (Å²) in [5.74, 6) is 3.67. The maximum Gasteiger partial charge on any atom is 0.208 e. The van der Waals surface area contributed by atoms with Crippen molar-refractivity contribution in [1.82, 2.24) is 39.9 Å². The second-order valence-electron chi connectivity index (χ2n) is 12.5. The van der Waals surface area contributed by atoms with Crippen LogP contribution in [-0.4, -0.2) is 108 Å². The fraction of sp³-hybridized carbons (Fsp3) is 0.200. The smallest absolute Gasteiger partial charge is 0.208 e. The van der Waals surface area contributed by atoms with Crippen molar-refractivity contribution < 1.29 is 37.9 Å². The number of hydrogen-bond donors (Lipinski definition) is 2. The molecule has 0 spiro atoms. The first-order chi connectivity index (χ1) is 27.4. The van der Waals surface area contributed by atoms with Gasteiger partial charge in [0.1, 0.15) is 22.6 Å². The van der Waals surface area contributed by atoms with Gasteiger partial charge >= 0.3 is 0 Å². The van der Waals surface area contributed by atoms with Crippen LogP contribution in [0.4, 0.5) is 0 Å². The number of fused-ring (bicyclic) bond motifs is 20. The summed E-state index contributed by atoms with van der Waals surface area (Å²) in [6, 6.07) is 15.6. The number of benzene rings is 4. The van der Waals surface area contributed by atoms with Crippen molar-refractivity contribution in [1.29, 1.82) is 0 Å². The van der Waals surface area contributed by atoms with E-state index in [1.54, 1.807) is 0 Å². The molecular weight excluding hydrogens is 961 g/mol. The van der Waals surface area contributed by atoms with Gasteiger partial charge in [0.2, 0.25) is 23.0 Å². The maximum atomic E-state index is 6.03. The van der Waals surface area contributed by atoms with Gasteiger partial charge in [-0.25, -0.2) is 29.9 Å². The van der Waals surface area contributed by atoms with Gasteiger partial charge in [0, 0.05) is 21.9 Å². The van der Waals surface area contributed by atoms with Crippen LogP contribution in [0.2, 0.25) is 0 Å². The molecule has 0 aliphatic carbocycles. The Kier molecular flexibility index (Phi) is 18.2. The molecule has 0 fully saturated rings. The predicted octanol–water partition coefficient (Wildman–Crippen LogP) is 8.02. The van der Waals surface area contributed by atoms with E-state index >= 15 is 0 Å². The summed E-state index contributed by atoms with van der Waals surface area (Å²) in [4.78, 5) is 37.4. The lowest BCUT2D eigenvalue weighted by Gasteiger charge is -2.19. The fourth-order valence-corrected chi connectivity index (χ4v) is 7.51. The zero-order chi connectivity index (χ0) is 38.8. The van der Waals surface area contributed by atoms with Crippen molar-refractivity contribution in [2.75, 3.05) is 56.9 Å². The van der Waals surface area contributed by atoms with Crippen LogP contribution in [0.25, 0.3) is 89.7 Å². The molecule has 16 nitrogen and oxygen atoms in total. The number of nitrogens with one attached hydrogen (secondary N) is 2. The van der Waals surface area contributed by atoms with Crippen LogP contribution in [0, 0.1) is 0 Å². The Morgan fingerprint density at radius 2 is 0.619 bits per heavy atom. The third-order valence-electron chi connectivity index (χ3n) is 9.81. The summed E-state index contributed by atoms with van der Waals surface area (Å²) >= 11 is 0. The number of hydrogen-bond acceptors (Lipinski definition) is 14. The zero-order valence-corrected chi connectivity index (χ0v) is 38.9. The molecule has 338 valence electrons. The van der Waals surface area contributed by atoms with E-state index in [1.165, 1.54) is 56.9 Å². The van der Waals surface area contributed by atoms with Crippen molar-refractivity contribution >= 4 is 130 Å². The number of nitrogens with zero attached hydrogens (tertiary/aromatic N) is 6. The Balaban J connectivity index is 0.00000195. The van der Waals surface area contributed by atoms with E-state index in [0.29, 0.717) is 79.2 Å². The first-order valence-corrected chi connectivity index (χ1v) is 17.2. The van der Waals surface area contributed by atoms with Crippen molar-refractivity contribution in [3.63, 3.8) is 0 Å². The number of methoxy groups -OCH3 is 8.